The van der Waals surface area contributed by atoms with Crippen molar-refractivity contribution in [1.29, 1.82) is 0 Å². The zero-order valence-corrected chi connectivity index (χ0v) is 9.17. The van der Waals surface area contributed by atoms with Crippen molar-refractivity contribution in [3.8, 4) is 0 Å². The molecular weight excluding hydrogens is 210 g/mol. The Morgan fingerprint density at radius 2 is 2.00 bits per heavy atom. The van der Waals surface area contributed by atoms with Gasteiger partial charge in [0.2, 0.25) is 0 Å². The molecule has 0 saturated heterocycles. The number of nitrogens with zero attached hydrogens (tertiary/aromatic N) is 1. The van der Waals surface area contributed by atoms with Crippen molar-refractivity contribution in [3.63, 3.8) is 0 Å². The van der Waals surface area contributed by atoms with Gasteiger partial charge in [0, 0.05) is 10.4 Å². The monoisotopic (exact) mass is 223 g/mol. The third-order valence-corrected chi connectivity index (χ3v) is 3.19. The number of hydrogen-bond donors (Lipinski definition) is 2. The van der Waals surface area contributed by atoms with Gasteiger partial charge in [0.25, 0.3) is 0 Å². The summed E-state index contributed by atoms with van der Waals surface area (Å²) < 4.78 is 0. The molecule has 1 aromatic rings. The van der Waals surface area contributed by atoms with Crippen LogP contribution in [-0.4, -0.2) is 12.5 Å². The summed E-state index contributed by atoms with van der Waals surface area (Å²) >= 11 is 6.15. The molecule has 1 aliphatic rings. The molecule has 0 heterocycles. The Labute approximate surface area is 94.1 Å². The largest absolute Gasteiger partial charge is 0.370 e. The molecule has 0 atom stereocenters. The van der Waals surface area contributed by atoms with Crippen molar-refractivity contribution in [2.75, 3.05) is 6.54 Å². The molecule has 1 saturated carbocycles. The molecule has 4 N–H and O–H groups in total. The van der Waals surface area contributed by atoms with Crippen LogP contribution >= 0.6 is 11.6 Å². The smallest absolute Gasteiger partial charge is 0.185 e. The van der Waals surface area contributed by atoms with Crippen LogP contribution in [0.5, 0.6) is 0 Å². The van der Waals surface area contributed by atoms with Crippen molar-refractivity contribution in [2.45, 2.75) is 18.3 Å². The molecule has 0 unspecified atom stereocenters. The first-order chi connectivity index (χ1) is 7.14. The summed E-state index contributed by atoms with van der Waals surface area (Å²) in [5.41, 5.74) is 11.9. The highest BCUT2D eigenvalue weighted by atomic mass is 35.5. The Morgan fingerprint density at radius 1 is 1.33 bits per heavy atom. The summed E-state index contributed by atoms with van der Waals surface area (Å²) in [6.07, 6.45) is 2.21. The van der Waals surface area contributed by atoms with E-state index in [1.54, 1.807) is 0 Å². The van der Waals surface area contributed by atoms with Gasteiger partial charge >= 0.3 is 0 Å². The topological polar surface area (TPSA) is 64.4 Å². The van der Waals surface area contributed by atoms with Crippen molar-refractivity contribution in [1.82, 2.24) is 0 Å². The molecule has 80 valence electrons. The van der Waals surface area contributed by atoms with E-state index in [-0.39, 0.29) is 11.4 Å². The van der Waals surface area contributed by atoms with Gasteiger partial charge in [-0.15, -0.1) is 0 Å². The second kappa shape index (κ2) is 3.74. The highest BCUT2D eigenvalue weighted by Gasteiger charge is 2.45. The number of hydrogen-bond acceptors (Lipinski definition) is 1. The fourth-order valence-corrected chi connectivity index (χ4v) is 2.13. The van der Waals surface area contributed by atoms with E-state index in [4.69, 9.17) is 23.1 Å². The fourth-order valence-electron chi connectivity index (χ4n) is 1.80. The van der Waals surface area contributed by atoms with Crippen LogP contribution < -0.4 is 11.5 Å². The minimum atomic E-state index is 0.0856. The Hall–Kier alpha value is -1.22. The van der Waals surface area contributed by atoms with Crippen LogP contribution in [0.15, 0.2) is 29.3 Å². The van der Waals surface area contributed by atoms with Gasteiger partial charge in [0.05, 0.1) is 6.54 Å². The van der Waals surface area contributed by atoms with E-state index < -0.39 is 0 Å². The number of benzene rings is 1. The number of halogens is 1. The summed E-state index contributed by atoms with van der Waals surface area (Å²) in [5, 5.41) is 0.806. The molecule has 15 heavy (non-hydrogen) atoms. The number of rotatable bonds is 3. The normalized spacial score (nSPS) is 17.1. The summed E-state index contributed by atoms with van der Waals surface area (Å²) in [7, 11) is 0. The molecule has 0 amide bonds. The second-order valence-electron chi connectivity index (χ2n) is 4.00. The van der Waals surface area contributed by atoms with Crippen molar-refractivity contribution in [3.05, 3.63) is 34.9 Å². The molecule has 0 spiro atoms. The highest BCUT2D eigenvalue weighted by Crippen LogP contribution is 2.50. The van der Waals surface area contributed by atoms with Gasteiger partial charge in [-0.2, -0.15) is 0 Å². The lowest BCUT2D eigenvalue weighted by atomic mass is 9.96. The van der Waals surface area contributed by atoms with E-state index >= 15 is 0 Å². The second-order valence-corrected chi connectivity index (χ2v) is 4.41. The first-order valence-corrected chi connectivity index (χ1v) is 5.32. The Bertz CT molecular complexity index is 393. The van der Waals surface area contributed by atoms with E-state index in [0.717, 1.165) is 23.4 Å². The van der Waals surface area contributed by atoms with Crippen LogP contribution in [0.1, 0.15) is 18.4 Å². The van der Waals surface area contributed by atoms with E-state index in [1.165, 1.54) is 0 Å². The third-order valence-electron chi connectivity index (χ3n) is 2.86. The highest BCUT2D eigenvalue weighted by molar-refractivity contribution is 6.31. The maximum Gasteiger partial charge on any atom is 0.185 e. The lowest BCUT2D eigenvalue weighted by Crippen LogP contribution is -2.25. The molecular formula is C11H14ClN3. The standard InChI is InChI=1S/C11H14ClN3/c12-9-4-2-1-3-8(9)11(5-6-11)7-15-10(13)14/h1-4H,5-7H2,(H4,13,14,15). The average Bonchev–Trinajstić information content (AvgIpc) is 2.97. The Morgan fingerprint density at radius 3 is 2.53 bits per heavy atom. The average molecular weight is 224 g/mol. The van der Waals surface area contributed by atoms with Gasteiger partial charge in [-0.25, -0.2) is 0 Å². The van der Waals surface area contributed by atoms with Crippen LogP contribution in [0.25, 0.3) is 0 Å². The lowest BCUT2D eigenvalue weighted by molar-refractivity contribution is 0.705. The number of guanidine groups is 1. The molecule has 3 nitrogen and oxygen atoms in total. The molecule has 4 heteroatoms. The van der Waals surface area contributed by atoms with Gasteiger partial charge in [0.1, 0.15) is 0 Å². The lowest BCUT2D eigenvalue weighted by Gasteiger charge is -2.14. The first kappa shape index (κ1) is 10.3. The number of aliphatic imine (C=N–C) groups is 1. The van der Waals surface area contributed by atoms with E-state index in [1.807, 2.05) is 18.2 Å². The van der Waals surface area contributed by atoms with Crippen molar-refractivity contribution < 1.29 is 0 Å². The van der Waals surface area contributed by atoms with Crippen LogP contribution in [0, 0.1) is 0 Å². The molecule has 0 radical (unpaired) electrons. The Balaban J connectivity index is 2.23. The summed E-state index contributed by atoms with van der Waals surface area (Å²) in [6.45, 7) is 0.638. The van der Waals surface area contributed by atoms with E-state index in [2.05, 4.69) is 11.1 Å². The Kier molecular flexibility index (Phi) is 2.57. The van der Waals surface area contributed by atoms with E-state index in [0.29, 0.717) is 6.54 Å². The maximum atomic E-state index is 6.15. The van der Waals surface area contributed by atoms with Gasteiger partial charge in [-0.3, -0.25) is 4.99 Å². The van der Waals surface area contributed by atoms with Gasteiger partial charge < -0.3 is 11.5 Å². The van der Waals surface area contributed by atoms with Gasteiger partial charge in [-0.05, 0) is 24.5 Å². The summed E-state index contributed by atoms with van der Waals surface area (Å²) in [5.74, 6) is 0.147. The molecule has 2 rings (SSSR count). The van der Waals surface area contributed by atoms with Gasteiger partial charge in [0.15, 0.2) is 5.96 Å². The summed E-state index contributed by atoms with van der Waals surface area (Å²) in [6, 6.07) is 7.89. The van der Waals surface area contributed by atoms with Crippen molar-refractivity contribution in [2.24, 2.45) is 16.5 Å². The minimum Gasteiger partial charge on any atom is -0.370 e. The molecule has 1 aromatic carbocycles. The minimum absolute atomic E-state index is 0.0856. The summed E-state index contributed by atoms with van der Waals surface area (Å²) in [4.78, 5) is 4.09. The van der Waals surface area contributed by atoms with Crippen LogP contribution in [0.4, 0.5) is 0 Å². The SMILES string of the molecule is NC(N)=NCC1(c2ccccc2Cl)CC1. The fraction of sp³-hybridized carbons (Fsp3) is 0.364. The quantitative estimate of drug-likeness (QED) is 0.605. The molecule has 0 aliphatic heterocycles. The van der Waals surface area contributed by atoms with Crippen LogP contribution in [0.3, 0.4) is 0 Å². The molecule has 0 aromatic heterocycles. The number of nitrogens with two attached hydrogens (primary N) is 2. The third kappa shape index (κ3) is 2.07. The van der Waals surface area contributed by atoms with Gasteiger partial charge in [-0.1, -0.05) is 29.8 Å². The van der Waals surface area contributed by atoms with Crippen molar-refractivity contribution >= 4 is 17.6 Å². The molecule has 1 fully saturated rings. The zero-order valence-electron chi connectivity index (χ0n) is 8.41. The zero-order chi connectivity index (χ0) is 10.9. The first-order valence-electron chi connectivity index (χ1n) is 4.94. The van der Waals surface area contributed by atoms with Crippen LogP contribution in [0.2, 0.25) is 5.02 Å². The predicted octanol–water partition coefficient (Wildman–Crippen LogP) is 1.65. The van der Waals surface area contributed by atoms with E-state index in [9.17, 15) is 0 Å². The molecule has 1 aliphatic carbocycles. The van der Waals surface area contributed by atoms with Crippen LogP contribution in [-0.2, 0) is 5.41 Å². The maximum absolute atomic E-state index is 6.15. The molecule has 0 bridgehead atoms. The predicted molar refractivity (Wildman–Crippen MR) is 63.0 cm³/mol.